The molecule has 0 amide bonds. The summed E-state index contributed by atoms with van der Waals surface area (Å²) in [5.74, 6) is -6.83. The van der Waals surface area contributed by atoms with Gasteiger partial charge < -0.3 is 94.7 Å². The SMILES string of the molecule is CCN1CCN(CCCN(CCCN2CCN(CC)CC2)[C@@H]2[C@H](O)[C@H](O[C@H]3/C=C/C=C/C=C/C=C/C=C/C=C/C=C/[C@H](C)[C@@H](O)[C@@H](C)[C@H](C)OC(=O)C[C@H](O)C[C@H](O)CC[C@@H](O)[C@H](O)C[C@H](O)C[C@]4(O)C[C@H](O)[C@@H](C(=O)O)[C@H](C3)O4)O[C@@H](C)[C@H]2O)CC1. The second-order valence-corrected chi connectivity index (χ2v) is 24.8. The minimum absolute atomic E-state index is 0.106. The second-order valence-electron chi connectivity index (χ2n) is 24.8. The second kappa shape index (κ2) is 38.3. The van der Waals surface area contributed by atoms with Crippen molar-refractivity contribution >= 4 is 11.9 Å². The number of hydrogen-bond donors (Lipinski definition) is 11. The quantitative estimate of drug-likeness (QED) is 0.111. The van der Waals surface area contributed by atoms with E-state index in [-0.39, 0.29) is 31.6 Å². The lowest BCUT2D eigenvalue weighted by Crippen LogP contribution is -2.64. The zero-order chi connectivity index (χ0) is 63.6. The summed E-state index contributed by atoms with van der Waals surface area (Å²) in [7, 11) is 0. The number of carbonyl (C=O) groups is 2. The smallest absolute Gasteiger partial charge is 0.311 e. The molecular weight excluding hydrogens is 1120 g/mol. The first-order valence-electron chi connectivity index (χ1n) is 32.1. The number of hydrogen-bond acceptors (Lipinski definition) is 21. The van der Waals surface area contributed by atoms with Gasteiger partial charge in [0.1, 0.15) is 18.1 Å². The Labute approximate surface area is 517 Å². The summed E-state index contributed by atoms with van der Waals surface area (Å²) in [5, 5.41) is 124. The Morgan fingerprint density at radius 1 is 0.598 bits per heavy atom. The van der Waals surface area contributed by atoms with E-state index < -0.39 is 147 Å². The lowest BCUT2D eigenvalue weighted by Gasteiger charge is -2.48. The van der Waals surface area contributed by atoms with Gasteiger partial charge in [0.2, 0.25) is 0 Å². The number of likely N-dealkylation sites (N-methyl/N-ethyl adjacent to an activating group) is 2. The van der Waals surface area contributed by atoms with Crippen LogP contribution in [0, 0.1) is 17.8 Å². The predicted octanol–water partition coefficient (Wildman–Crippen LogP) is 2.11. The lowest BCUT2D eigenvalue weighted by atomic mass is 9.82. The van der Waals surface area contributed by atoms with Gasteiger partial charge in [-0.2, -0.15) is 0 Å². The summed E-state index contributed by atoms with van der Waals surface area (Å²) in [4.78, 5) is 37.7. The van der Waals surface area contributed by atoms with Crippen molar-refractivity contribution in [1.82, 2.24) is 24.5 Å². The zero-order valence-corrected chi connectivity index (χ0v) is 52.6. The molecule has 0 radical (unpaired) electrons. The fraction of sp³-hybridized carbons (Fsp3) is 0.754. The minimum atomic E-state index is -2.34. The average Bonchev–Trinajstić information content (AvgIpc) is 1.46. The van der Waals surface area contributed by atoms with Gasteiger partial charge in [-0.3, -0.25) is 14.5 Å². The van der Waals surface area contributed by atoms with Crippen LogP contribution in [0.15, 0.2) is 85.1 Å². The summed E-state index contributed by atoms with van der Waals surface area (Å²) in [6.07, 6.45) is 5.97. The molecule has 2 bridgehead atoms. The van der Waals surface area contributed by atoms with Gasteiger partial charge in [-0.05, 0) is 85.2 Å². The Kier molecular flexibility index (Phi) is 32.6. The van der Waals surface area contributed by atoms with Crippen molar-refractivity contribution in [1.29, 1.82) is 0 Å². The van der Waals surface area contributed by atoms with Crippen LogP contribution in [0.4, 0.5) is 0 Å². The molecule has 5 aliphatic rings. The van der Waals surface area contributed by atoms with Crippen molar-refractivity contribution in [3.8, 4) is 0 Å². The number of nitrogens with zero attached hydrogens (tertiary/aromatic N) is 5. The normalized spacial score (nSPS) is 40.1. The van der Waals surface area contributed by atoms with Gasteiger partial charge in [0.25, 0.3) is 0 Å². The maximum Gasteiger partial charge on any atom is 0.311 e. The number of esters is 1. The molecule has 0 aromatic rings. The Balaban J connectivity index is 1.39. The fourth-order valence-corrected chi connectivity index (χ4v) is 12.4. The van der Waals surface area contributed by atoms with Crippen molar-refractivity contribution in [3.63, 3.8) is 0 Å². The molecule has 87 heavy (non-hydrogen) atoms. The topological polar surface area (TPSA) is 310 Å². The van der Waals surface area contributed by atoms with Crippen LogP contribution in [-0.4, -0.2) is 282 Å². The molecule has 5 rings (SSSR count). The molecule has 22 nitrogen and oxygen atoms in total. The van der Waals surface area contributed by atoms with E-state index in [1.54, 1.807) is 51.2 Å². The van der Waals surface area contributed by atoms with Crippen LogP contribution in [0.3, 0.4) is 0 Å². The van der Waals surface area contributed by atoms with Gasteiger partial charge in [-0.25, -0.2) is 0 Å². The number of carboxylic acid groups (broad SMARTS) is 1. The van der Waals surface area contributed by atoms with Gasteiger partial charge in [0.15, 0.2) is 12.1 Å². The van der Waals surface area contributed by atoms with Gasteiger partial charge in [0, 0.05) is 89.9 Å². The van der Waals surface area contributed by atoms with Crippen molar-refractivity contribution in [3.05, 3.63) is 85.1 Å². The van der Waals surface area contributed by atoms with E-state index in [0.29, 0.717) is 13.1 Å². The molecule has 496 valence electrons. The maximum absolute atomic E-state index is 13.0. The molecule has 5 heterocycles. The van der Waals surface area contributed by atoms with E-state index >= 15 is 0 Å². The number of piperazine rings is 2. The van der Waals surface area contributed by atoms with Crippen molar-refractivity contribution in [2.75, 3.05) is 91.6 Å². The van der Waals surface area contributed by atoms with E-state index in [1.165, 1.54) is 0 Å². The van der Waals surface area contributed by atoms with Gasteiger partial charge in [-0.1, -0.05) is 113 Å². The first-order valence-corrected chi connectivity index (χ1v) is 32.1. The van der Waals surface area contributed by atoms with E-state index in [4.69, 9.17) is 18.9 Å². The third-order valence-corrected chi connectivity index (χ3v) is 18.0. The number of carbonyl (C=O) groups excluding carboxylic acids is 1. The molecular formula is C65H109N5O17. The third-order valence-electron chi connectivity index (χ3n) is 18.0. The maximum atomic E-state index is 13.0. The largest absolute Gasteiger partial charge is 0.481 e. The summed E-state index contributed by atoms with van der Waals surface area (Å²) in [6.45, 7) is 24.1. The van der Waals surface area contributed by atoms with Crippen molar-refractivity contribution in [2.45, 2.75) is 203 Å². The summed E-state index contributed by atoms with van der Waals surface area (Å²) < 4.78 is 24.6. The number of allylic oxidation sites excluding steroid dienone is 12. The van der Waals surface area contributed by atoms with Crippen LogP contribution >= 0.6 is 0 Å². The molecule has 0 saturated carbocycles. The molecule has 22 heteroatoms. The molecule has 19 atom stereocenters. The Hall–Kier alpha value is -3.60. The number of aliphatic hydroxyl groups excluding tert-OH is 9. The molecule has 4 saturated heterocycles. The van der Waals surface area contributed by atoms with E-state index in [1.807, 2.05) is 61.6 Å². The van der Waals surface area contributed by atoms with Crippen LogP contribution < -0.4 is 0 Å². The van der Waals surface area contributed by atoms with Gasteiger partial charge in [-0.15, -0.1) is 0 Å². The highest BCUT2D eigenvalue weighted by Gasteiger charge is 2.52. The van der Waals surface area contributed by atoms with Crippen molar-refractivity contribution < 1.29 is 84.7 Å². The highest BCUT2D eigenvalue weighted by atomic mass is 16.7. The average molecular weight is 1230 g/mol. The fourth-order valence-electron chi connectivity index (χ4n) is 12.4. The Morgan fingerprint density at radius 2 is 1.11 bits per heavy atom. The number of carboxylic acids is 1. The van der Waals surface area contributed by atoms with E-state index in [0.717, 1.165) is 91.4 Å². The number of fused-ring (bicyclic) bond motifs is 2. The lowest BCUT2D eigenvalue weighted by molar-refractivity contribution is -0.312. The third kappa shape index (κ3) is 25.2. The number of aliphatic hydroxyl groups is 10. The highest BCUT2D eigenvalue weighted by Crippen LogP contribution is 2.39. The molecule has 5 aliphatic heterocycles. The van der Waals surface area contributed by atoms with Gasteiger partial charge >= 0.3 is 11.9 Å². The first kappa shape index (κ1) is 74.1. The molecule has 0 spiro atoms. The first-order chi connectivity index (χ1) is 41.5. The van der Waals surface area contributed by atoms with E-state index in [2.05, 4.69) is 38.3 Å². The molecule has 0 aromatic carbocycles. The summed E-state index contributed by atoms with van der Waals surface area (Å²) in [5.41, 5.74) is 0. The summed E-state index contributed by atoms with van der Waals surface area (Å²) in [6, 6.07) is -0.811. The molecule has 0 unspecified atom stereocenters. The molecule has 0 aromatic heterocycles. The summed E-state index contributed by atoms with van der Waals surface area (Å²) >= 11 is 0. The monoisotopic (exact) mass is 1230 g/mol. The van der Waals surface area contributed by atoms with Crippen LogP contribution in [0.25, 0.3) is 0 Å². The van der Waals surface area contributed by atoms with Crippen LogP contribution in [0.5, 0.6) is 0 Å². The number of ether oxygens (including phenoxy) is 4. The number of cyclic esters (lactones) is 1. The molecule has 4 fully saturated rings. The minimum Gasteiger partial charge on any atom is -0.481 e. The predicted molar refractivity (Wildman–Crippen MR) is 331 cm³/mol. The van der Waals surface area contributed by atoms with E-state index in [9.17, 15) is 65.8 Å². The highest BCUT2D eigenvalue weighted by molar-refractivity contribution is 5.71. The number of aliphatic carboxylic acids is 1. The number of rotatable bonds is 14. The Morgan fingerprint density at radius 3 is 1.64 bits per heavy atom. The van der Waals surface area contributed by atoms with Crippen molar-refractivity contribution in [2.24, 2.45) is 17.8 Å². The van der Waals surface area contributed by atoms with Crippen LogP contribution in [0.1, 0.15) is 106 Å². The van der Waals surface area contributed by atoms with Crippen LogP contribution in [-0.2, 0) is 28.5 Å². The Bertz CT molecular complexity index is 2170. The van der Waals surface area contributed by atoms with Gasteiger partial charge in [0.05, 0.1) is 79.6 Å². The molecule has 0 aliphatic carbocycles. The zero-order valence-electron chi connectivity index (χ0n) is 52.6. The van der Waals surface area contributed by atoms with Crippen LogP contribution in [0.2, 0.25) is 0 Å². The molecule has 11 N–H and O–H groups in total. The standard InChI is InChI=1S/C65H109N5O17/c1-7-66-31-35-68(36-32-66)27-21-29-70(30-22-28-69-37-33-67(8-2)34-38-69)59-61(79)48(6)85-64(62(59)80)86-52-24-20-18-16-14-12-10-9-11-13-15-17-19-23-45(3)60(78)46(4)47(5)84-57(77)41-50(72)39-49(71)25-26-53(74)54(75)40-51(73)43-65(83)44-55(76)58(63(81)82)56(42-52)87-65/h9-20,23-24,45-56,58-62,64,71-76,78-80,83H,7-8,21-22,25-44H2,1-6H3,(H,81,82)/b10-9+,13-11+,14-12+,17-15+,18-16+,23-19+,24-20+/t45-,46-,47-,48-,49+,50+,51-,52-,53+,54+,55-,56-,58+,59-,60+,61+,62-,64-,65+/m0/s1.